The number of ketones is 2. The first kappa shape index (κ1) is 32.2. The maximum Gasteiger partial charge on any atom is 0.335 e. The number of carbonyl (C=O) groups excluding carboxylic acids is 2. The van der Waals surface area contributed by atoms with Crippen molar-refractivity contribution in [1.29, 1.82) is 0 Å². The van der Waals surface area contributed by atoms with Gasteiger partial charge in [-0.1, -0.05) is 55.8 Å². The van der Waals surface area contributed by atoms with Crippen molar-refractivity contribution in [2.24, 2.45) is 10.8 Å². The molecular weight excluding hydrogens is 694 g/mol. The fraction of sp³-hybridized carbons (Fsp3) is 0.412. The van der Waals surface area contributed by atoms with Crippen LogP contribution in [0.4, 0.5) is 0 Å². The Balaban J connectivity index is 1.70. The summed E-state index contributed by atoms with van der Waals surface area (Å²) in [5, 5.41) is 18.9. The Bertz CT molecular complexity index is 1580. The van der Waals surface area contributed by atoms with Gasteiger partial charge >= 0.3 is 11.9 Å². The summed E-state index contributed by atoms with van der Waals surface area (Å²) in [6, 6.07) is 10.2. The monoisotopic (exact) mass is 727 g/mol. The lowest BCUT2D eigenvalue weighted by Gasteiger charge is -2.49. The summed E-state index contributed by atoms with van der Waals surface area (Å²) < 4.78 is 7.78. The summed E-state index contributed by atoms with van der Waals surface area (Å²) in [6.45, 7) is 8.46. The van der Waals surface area contributed by atoms with Crippen LogP contribution in [0, 0.1) is 10.8 Å². The van der Waals surface area contributed by atoms with Crippen LogP contribution in [0.15, 0.2) is 67.9 Å². The number of aromatic carboxylic acids is 1. The molecule has 0 radical (unpaired) electrons. The number of allylic oxidation sites excluding steroid dienone is 4. The quantitative estimate of drug-likeness (QED) is 0.285. The molecule has 0 saturated carbocycles. The molecule has 2 N–H and O–H groups in total. The van der Waals surface area contributed by atoms with Crippen LogP contribution in [0.25, 0.3) is 0 Å². The van der Waals surface area contributed by atoms with Crippen molar-refractivity contribution in [3.05, 3.63) is 84.6 Å². The second kappa shape index (κ2) is 11.9. The van der Waals surface area contributed by atoms with E-state index in [1.54, 1.807) is 12.1 Å². The molecule has 0 aromatic heterocycles. The summed E-state index contributed by atoms with van der Waals surface area (Å²) in [6.07, 6.45) is 1.62. The number of Topliss-reactive ketones (excluding diaryl/α,β-unsaturated/α-hetero) is 2. The van der Waals surface area contributed by atoms with Gasteiger partial charge in [-0.05, 0) is 69.4 Å². The van der Waals surface area contributed by atoms with Gasteiger partial charge in [-0.15, -0.1) is 0 Å². The predicted molar refractivity (Wildman–Crippen MR) is 171 cm³/mol. The molecule has 0 unspecified atom stereocenters. The molecule has 0 spiro atoms. The first-order valence-corrected chi connectivity index (χ1v) is 16.1. The predicted octanol–water partition coefficient (Wildman–Crippen LogP) is 7.65. The summed E-state index contributed by atoms with van der Waals surface area (Å²) in [5.41, 5.74) is 3.54. The number of rotatable bonds is 8. The van der Waals surface area contributed by atoms with Gasteiger partial charge in [0, 0.05) is 57.9 Å². The van der Waals surface area contributed by atoms with Gasteiger partial charge in [-0.2, -0.15) is 0 Å². The lowest BCUT2D eigenvalue weighted by Crippen LogP contribution is -2.45. The van der Waals surface area contributed by atoms with Gasteiger partial charge in [-0.3, -0.25) is 14.4 Å². The van der Waals surface area contributed by atoms with Crippen LogP contribution < -0.4 is 4.74 Å². The van der Waals surface area contributed by atoms with E-state index in [0.717, 1.165) is 21.4 Å². The highest BCUT2D eigenvalue weighted by molar-refractivity contribution is 9.11. The lowest BCUT2D eigenvalue weighted by atomic mass is 9.63. The summed E-state index contributed by atoms with van der Waals surface area (Å²) in [5.74, 6) is -2.28. The number of aliphatic carboxylic acids is 1. The van der Waals surface area contributed by atoms with Crippen LogP contribution in [0.3, 0.4) is 0 Å². The molecule has 0 amide bonds. The molecular formula is C34H35Br2NO7. The minimum absolute atomic E-state index is 0.0583. The zero-order valence-corrected chi connectivity index (χ0v) is 28.3. The molecule has 10 heteroatoms. The van der Waals surface area contributed by atoms with Gasteiger partial charge < -0.3 is 19.8 Å². The molecule has 3 aliphatic rings. The van der Waals surface area contributed by atoms with E-state index in [2.05, 4.69) is 31.9 Å². The van der Waals surface area contributed by atoms with Gasteiger partial charge in [0.05, 0.1) is 16.5 Å². The average Bonchev–Trinajstić information content (AvgIpc) is 2.89. The van der Waals surface area contributed by atoms with Crippen molar-refractivity contribution in [3.8, 4) is 5.75 Å². The molecule has 5 rings (SSSR count). The Kier molecular flexibility index (Phi) is 8.72. The van der Waals surface area contributed by atoms with Crippen molar-refractivity contribution in [2.45, 2.75) is 72.3 Å². The SMILES string of the molecule is CC1(C)CC(=O)C2=C(C1)N(CCC(=O)O)C1=C(C(=O)CC(C)(C)C1)C2c1cc(Br)cc(Br)c1OCc1ccc(C(=O)O)cc1. The van der Waals surface area contributed by atoms with E-state index in [4.69, 9.17) is 4.74 Å². The molecule has 0 bridgehead atoms. The molecule has 2 aromatic rings. The number of carbonyl (C=O) groups is 4. The Morgan fingerprint density at radius 2 is 1.43 bits per heavy atom. The fourth-order valence-electron chi connectivity index (χ4n) is 6.68. The van der Waals surface area contributed by atoms with Crippen LogP contribution in [-0.2, 0) is 21.0 Å². The van der Waals surface area contributed by atoms with E-state index in [0.29, 0.717) is 52.6 Å². The largest absolute Gasteiger partial charge is 0.487 e. The van der Waals surface area contributed by atoms with E-state index in [-0.39, 0.29) is 47.5 Å². The molecule has 0 saturated heterocycles. The van der Waals surface area contributed by atoms with Gasteiger partial charge in [0.2, 0.25) is 0 Å². The van der Waals surface area contributed by atoms with Gasteiger partial charge in [0.25, 0.3) is 0 Å². The smallest absolute Gasteiger partial charge is 0.335 e. The van der Waals surface area contributed by atoms with Gasteiger partial charge in [0.1, 0.15) is 12.4 Å². The molecule has 0 fully saturated rings. The maximum atomic E-state index is 14.1. The number of ether oxygens (including phenoxy) is 1. The zero-order valence-electron chi connectivity index (χ0n) is 25.1. The maximum absolute atomic E-state index is 14.1. The fourth-order valence-corrected chi connectivity index (χ4v) is 8.05. The number of carboxylic acid groups (broad SMARTS) is 2. The second-order valence-corrected chi connectivity index (χ2v) is 15.2. The summed E-state index contributed by atoms with van der Waals surface area (Å²) in [4.78, 5) is 53.3. The van der Waals surface area contributed by atoms with Crippen LogP contribution in [0.2, 0.25) is 0 Å². The number of nitrogens with zero attached hydrogens (tertiary/aromatic N) is 1. The number of hydrogen-bond acceptors (Lipinski definition) is 6. The Hall–Kier alpha value is -3.24. The first-order valence-electron chi connectivity index (χ1n) is 14.5. The van der Waals surface area contributed by atoms with Crippen molar-refractivity contribution < 1.29 is 34.1 Å². The van der Waals surface area contributed by atoms with E-state index < -0.39 is 17.9 Å². The third-order valence-electron chi connectivity index (χ3n) is 8.50. The topological polar surface area (TPSA) is 121 Å². The van der Waals surface area contributed by atoms with Crippen molar-refractivity contribution in [2.75, 3.05) is 6.54 Å². The normalized spacial score (nSPS) is 19.5. The summed E-state index contributed by atoms with van der Waals surface area (Å²) >= 11 is 7.26. The highest BCUT2D eigenvalue weighted by Gasteiger charge is 2.49. The highest BCUT2D eigenvalue weighted by Crippen LogP contribution is 2.56. The van der Waals surface area contributed by atoms with Crippen LogP contribution in [0.1, 0.15) is 87.2 Å². The third kappa shape index (κ3) is 6.42. The molecule has 232 valence electrons. The Morgan fingerprint density at radius 3 is 1.93 bits per heavy atom. The zero-order chi connectivity index (χ0) is 32.1. The van der Waals surface area contributed by atoms with E-state index >= 15 is 0 Å². The highest BCUT2D eigenvalue weighted by atomic mass is 79.9. The minimum Gasteiger partial charge on any atom is -0.487 e. The molecule has 1 aliphatic heterocycles. The van der Waals surface area contributed by atoms with E-state index in [1.165, 1.54) is 12.1 Å². The number of benzene rings is 2. The number of hydrogen-bond donors (Lipinski definition) is 2. The molecule has 0 atom stereocenters. The second-order valence-electron chi connectivity index (χ2n) is 13.4. The van der Waals surface area contributed by atoms with E-state index in [9.17, 15) is 29.4 Å². The third-order valence-corrected chi connectivity index (χ3v) is 9.55. The molecule has 44 heavy (non-hydrogen) atoms. The van der Waals surface area contributed by atoms with Crippen molar-refractivity contribution >= 4 is 55.4 Å². The van der Waals surface area contributed by atoms with E-state index in [1.807, 2.05) is 44.7 Å². The van der Waals surface area contributed by atoms with Gasteiger partial charge in [-0.25, -0.2) is 4.79 Å². The minimum atomic E-state index is -1.01. The number of halogens is 2. The molecule has 8 nitrogen and oxygen atoms in total. The van der Waals surface area contributed by atoms with Crippen LogP contribution >= 0.6 is 31.9 Å². The van der Waals surface area contributed by atoms with Crippen molar-refractivity contribution in [3.63, 3.8) is 0 Å². The first-order chi connectivity index (χ1) is 20.6. The Morgan fingerprint density at radius 1 is 0.886 bits per heavy atom. The lowest BCUT2D eigenvalue weighted by molar-refractivity contribution is -0.137. The van der Waals surface area contributed by atoms with Crippen molar-refractivity contribution in [1.82, 2.24) is 4.90 Å². The van der Waals surface area contributed by atoms with Crippen LogP contribution in [-0.4, -0.2) is 45.2 Å². The average molecular weight is 729 g/mol. The Labute approximate surface area is 273 Å². The van der Waals surface area contributed by atoms with Crippen LogP contribution in [0.5, 0.6) is 5.75 Å². The van der Waals surface area contributed by atoms with Gasteiger partial charge in [0.15, 0.2) is 11.6 Å². The standard InChI is InChI=1S/C34H35Br2NO7/c1-33(2)13-23-29(25(38)15-33)28(30-24(37(23)10-9-27(40)41)14-34(3,4)16-26(30)39)21-11-20(35)12-22(36)31(21)44-17-18-5-7-19(8-6-18)32(42)43/h5-8,11-12,28H,9-10,13-17H2,1-4H3,(H,40,41)(H,42,43). The molecule has 2 aliphatic carbocycles. The summed E-state index contributed by atoms with van der Waals surface area (Å²) in [7, 11) is 0. The number of carboxylic acids is 2. The molecule has 2 aromatic carbocycles. The molecule has 1 heterocycles.